The molecule has 0 unspecified atom stereocenters. The monoisotopic (exact) mass is 725 g/mol. The third kappa shape index (κ3) is 4.32. The first-order chi connectivity index (χ1) is 26.3. The summed E-state index contributed by atoms with van der Waals surface area (Å²) < 4.78 is 6.40. The Labute approximate surface area is 318 Å². The zero-order valence-corrected chi connectivity index (χ0v) is 32.9. The van der Waals surface area contributed by atoms with Crippen LogP contribution < -0.4 is 25.6 Å². The molecule has 0 fully saturated rings. The van der Waals surface area contributed by atoms with Gasteiger partial charge in [0, 0.05) is 27.8 Å². The van der Waals surface area contributed by atoms with Gasteiger partial charge in [-0.2, -0.15) is 0 Å². The molecule has 1 aromatic heterocycles. The quantitative estimate of drug-likeness (QED) is 0.168. The molecular formula is C50H39NOSi2. The second-order valence-corrected chi connectivity index (χ2v) is 24.7. The van der Waals surface area contributed by atoms with Crippen LogP contribution in [0.25, 0.3) is 66.1 Å². The summed E-state index contributed by atoms with van der Waals surface area (Å²) in [5.41, 5.74) is 13.6. The summed E-state index contributed by atoms with van der Waals surface area (Å²) in [6, 6.07) is 61.0. The SMILES string of the molecule is C[Si]1(C)c2cc(N(c3ccc(-c4cccc5ccccc45)cc3)c3cccc4c3[Si](C)(C)c3ccccc3-4)ccc2-c2c1ccc1oc3ccccc3c21. The maximum Gasteiger partial charge on any atom is 0.136 e. The minimum Gasteiger partial charge on any atom is -0.456 e. The Morgan fingerprint density at radius 1 is 0.444 bits per heavy atom. The molecule has 258 valence electrons. The van der Waals surface area contributed by atoms with E-state index in [-0.39, 0.29) is 0 Å². The summed E-state index contributed by atoms with van der Waals surface area (Å²) in [6.45, 7) is 10.1. The molecule has 2 aliphatic rings. The first-order valence-corrected chi connectivity index (χ1v) is 25.0. The van der Waals surface area contributed by atoms with Gasteiger partial charge in [-0.25, -0.2) is 0 Å². The maximum atomic E-state index is 6.40. The molecule has 8 aromatic carbocycles. The molecule has 2 aliphatic heterocycles. The molecule has 0 radical (unpaired) electrons. The van der Waals surface area contributed by atoms with Crippen molar-refractivity contribution in [1.82, 2.24) is 0 Å². The van der Waals surface area contributed by atoms with E-state index in [4.69, 9.17) is 4.42 Å². The zero-order chi connectivity index (χ0) is 36.3. The summed E-state index contributed by atoms with van der Waals surface area (Å²) >= 11 is 0. The second kappa shape index (κ2) is 11.3. The number of fused-ring (bicyclic) bond motifs is 11. The topological polar surface area (TPSA) is 16.4 Å². The van der Waals surface area contributed by atoms with Gasteiger partial charge in [0.25, 0.3) is 0 Å². The molecule has 0 amide bonds. The molecule has 0 saturated carbocycles. The molecule has 9 aromatic rings. The number of hydrogen-bond donors (Lipinski definition) is 0. The molecule has 0 bridgehead atoms. The van der Waals surface area contributed by atoms with Crippen molar-refractivity contribution < 1.29 is 4.42 Å². The van der Waals surface area contributed by atoms with Crippen molar-refractivity contribution in [3.05, 3.63) is 164 Å². The van der Waals surface area contributed by atoms with E-state index in [1.807, 2.05) is 0 Å². The van der Waals surface area contributed by atoms with E-state index in [9.17, 15) is 0 Å². The summed E-state index contributed by atoms with van der Waals surface area (Å²) in [6.07, 6.45) is 0. The minimum absolute atomic E-state index is 0.953. The van der Waals surface area contributed by atoms with E-state index >= 15 is 0 Å². The van der Waals surface area contributed by atoms with Crippen LogP contribution in [0, 0.1) is 0 Å². The van der Waals surface area contributed by atoms with Gasteiger partial charge in [-0.05, 0) is 107 Å². The van der Waals surface area contributed by atoms with E-state index < -0.39 is 16.1 Å². The van der Waals surface area contributed by atoms with Crippen molar-refractivity contribution in [2.45, 2.75) is 26.2 Å². The Hall–Kier alpha value is -5.95. The van der Waals surface area contributed by atoms with Gasteiger partial charge in [0.05, 0.1) is 0 Å². The molecule has 0 aliphatic carbocycles. The van der Waals surface area contributed by atoms with Crippen molar-refractivity contribution in [2.24, 2.45) is 0 Å². The van der Waals surface area contributed by atoms with Crippen LogP contribution in [-0.4, -0.2) is 16.1 Å². The fraction of sp³-hybridized carbons (Fsp3) is 0.0800. The Balaban J connectivity index is 1.13. The van der Waals surface area contributed by atoms with Gasteiger partial charge in [0.2, 0.25) is 0 Å². The number of benzene rings is 8. The Kier molecular flexibility index (Phi) is 6.60. The lowest BCUT2D eigenvalue weighted by atomic mass is 9.97. The molecule has 0 spiro atoms. The van der Waals surface area contributed by atoms with Gasteiger partial charge < -0.3 is 9.32 Å². The fourth-order valence-electron chi connectivity index (χ4n) is 9.87. The van der Waals surface area contributed by atoms with Crippen LogP contribution in [0.5, 0.6) is 0 Å². The minimum atomic E-state index is -2.08. The number of anilines is 3. The molecule has 2 nitrogen and oxygen atoms in total. The lowest BCUT2D eigenvalue weighted by Crippen LogP contribution is -2.51. The van der Waals surface area contributed by atoms with Crippen molar-refractivity contribution in [1.29, 1.82) is 0 Å². The van der Waals surface area contributed by atoms with Gasteiger partial charge in [-0.3, -0.25) is 0 Å². The summed E-state index contributed by atoms with van der Waals surface area (Å²) in [5.74, 6) is 0. The predicted molar refractivity (Wildman–Crippen MR) is 236 cm³/mol. The Morgan fingerprint density at radius 3 is 2.00 bits per heavy atom. The molecular weight excluding hydrogens is 687 g/mol. The van der Waals surface area contributed by atoms with Crippen LogP contribution >= 0.6 is 0 Å². The third-order valence-electron chi connectivity index (χ3n) is 12.4. The van der Waals surface area contributed by atoms with Crippen LogP contribution in [0.4, 0.5) is 17.1 Å². The highest BCUT2D eigenvalue weighted by Gasteiger charge is 2.42. The summed E-state index contributed by atoms with van der Waals surface area (Å²) in [4.78, 5) is 2.56. The molecule has 54 heavy (non-hydrogen) atoms. The van der Waals surface area contributed by atoms with E-state index in [0.717, 1.165) is 11.2 Å². The molecule has 0 N–H and O–H groups in total. The first-order valence-electron chi connectivity index (χ1n) is 19.0. The average molecular weight is 726 g/mol. The summed E-state index contributed by atoms with van der Waals surface area (Å²) in [7, 11) is -4.12. The Morgan fingerprint density at radius 2 is 1.13 bits per heavy atom. The van der Waals surface area contributed by atoms with Gasteiger partial charge in [-0.15, -0.1) is 0 Å². The third-order valence-corrected chi connectivity index (χ3v) is 19.5. The normalized spacial score (nSPS) is 14.6. The van der Waals surface area contributed by atoms with Crippen LogP contribution in [0.3, 0.4) is 0 Å². The standard InChI is InChI=1S/C50H39NOSi2/c1-53(2)46-30-29-44-48(40-17-7-9-21-43(40)52-44)49(46)41-28-27-35(31-47(41)53)51(42-20-12-19-39-38-16-8-10-22-45(38)54(3,4)50(39)42)34-25-23-33(24-26-34)37-18-11-14-32-13-5-6-15-36(32)37/h5-31H,1-4H3. The number of rotatable bonds is 4. The van der Waals surface area contributed by atoms with Crippen molar-refractivity contribution in [3.8, 4) is 33.4 Å². The van der Waals surface area contributed by atoms with Crippen LogP contribution in [0.15, 0.2) is 168 Å². The number of para-hydroxylation sites is 1. The van der Waals surface area contributed by atoms with Crippen molar-refractivity contribution >= 4 is 86.7 Å². The van der Waals surface area contributed by atoms with E-state index in [1.165, 1.54) is 92.7 Å². The molecule has 0 saturated heterocycles. The average Bonchev–Trinajstić information content (AvgIpc) is 3.78. The highest BCUT2D eigenvalue weighted by Crippen LogP contribution is 2.44. The molecule has 0 atom stereocenters. The van der Waals surface area contributed by atoms with Gasteiger partial charge in [0.15, 0.2) is 0 Å². The van der Waals surface area contributed by atoms with E-state index in [1.54, 1.807) is 0 Å². The van der Waals surface area contributed by atoms with Crippen LogP contribution in [0.2, 0.25) is 26.2 Å². The Bertz CT molecular complexity index is 3000. The van der Waals surface area contributed by atoms with Gasteiger partial charge in [0.1, 0.15) is 27.3 Å². The molecule has 3 heterocycles. The highest BCUT2D eigenvalue weighted by atomic mass is 28.3. The number of furan rings is 1. The highest BCUT2D eigenvalue weighted by molar-refractivity contribution is 7.05. The van der Waals surface area contributed by atoms with Crippen LogP contribution in [0.1, 0.15) is 0 Å². The molecule has 4 heteroatoms. The maximum absolute atomic E-state index is 6.40. The lowest BCUT2D eigenvalue weighted by Gasteiger charge is -2.32. The lowest BCUT2D eigenvalue weighted by molar-refractivity contribution is 0.669. The van der Waals surface area contributed by atoms with Crippen LogP contribution in [-0.2, 0) is 0 Å². The first kappa shape index (κ1) is 31.6. The largest absolute Gasteiger partial charge is 0.456 e. The number of hydrogen-bond acceptors (Lipinski definition) is 2. The summed E-state index contributed by atoms with van der Waals surface area (Å²) in [5, 5.41) is 11.0. The van der Waals surface area contributed by atoms with E-state index in [2.05, 4.69) is 195 Å². The number of nitrogens with zero attached hydrogens (tertiary/aromatic N) is 1. The van der Waals surface area contributed by atoms with Crippen molar-refractivity contribution in [2.75, 3.05) is 4.90 Å². The van der Waals surface area contributed by atoms with Crippen molar-refractivity contribution in [3.63, 3.8) is 0 Å². The zero-order valence-electron chi connectivity index (χ0n) is 30.9. The molecule has 11 rings (SSSR count). The van der Waals surface area contributed by atoms with Gasteiger partial charge in [-0.1, -0.05) is 148 Å². The van der Waals surface area contributed by atoms with Gasteiger partial charge >= 0.3 is 0 Å². The smallest absolute Gasteiger partial charge is 0.136 e. The second-order valence-electron chi connectivity index (χ2n) is 16.1. The van der Waals surface area contributed by atoms with E-state index in [0.29, 0.717) is 0 Å². The fourth-order valence-corrected chi connectivity index (χ4v) is 16.3. The predicted octanol–water partition coefficient (Wildman–Crippen LogP) is 11.5.